The zero-order chi connectivity index (χ0) is 18.8. The maximum atomic E-state index is 12.2. The molecule has 0 saturated carbocycles. The number of nitrogens with one attached hydrogen (secondary N) is 1. The van der Waals surface area contributed by atoms with Crippen LogP contribution in [-0.2, 0) is 10.2 Å². The van der Waals surface area contributed by atoms with Gasteiger partial charge in [0.25, 0.3) is 0 Å². The number of amides is 1. The fourth-order valence-corrected chi connectivity index (χ4v) is 2.75. The van der Waals surface area contributed by atoms with Crippen LogP contribution in [0.1, 0.15) is 58.3 Å². The van der Waals surface area contributed by atoms with E-state index in [1.807, 2.05) is 33.0 Å². The van der Waals surface area contributed by atoms with E-state index in [0.717, 1.165) is 0 Å². The summed E-state index contributed by atoms with van der Waals surface area (Å²) >= 11 is 0. The Kier molecular flexibility index (Phi) is 5.75. The molecule has 0 spiro atoms. The SMILES string of the molecule is CC(c1nc(C(C)(C)C)no1)N1CCC(C(=O)NCC(F)(F)F)CC1. The van der Waals surface area contributed by atoms with Gasteiger partial charge in [-0.2, -0.15) is 18.2 Å². The fourth-order valence-electron chi connectivity index (χ4n) is 2.75. The number of alkyl halides is 3. The Morgan fingerprint density at radius 2 is 1.92 bits per heavy atom. The number of nitrogens with zero attached hydrogens (tertiary/aromatic N) is 3. The Hall–Kier alpha value is -1.64. The molecule has 1 aromatic rings. The number of likely N-dealkylation sites (tertiary alicyclic amines) is 1. The van der Waals surface area contributed by atoms with Crippen LogP contribution in [0.5, 0.6) is 0 Å². The molecule has 1 aliphatic heterocycles. The number of hydrogen-bond donors (Lipinski definition) is 1. The second-order valence-corrected chi connectivity index (χ2v) is 7.53. The van der Waals surface area contributed by atoms with Crippen LogP contribution in [0.15, 0.2) is 4.52 Å². The van der Waals surface area contributed by atoms with Crippen LogP contribution in [0.3, 0.4) is 0 Å². The van der Waals surface area contributed by atoms with Crippen molar-refractivity contribution in [1.82, 2.24) is 20.4 Å². The average Bonchev–Trinajstić information content (AvgIpc) is 3.01. The zero-order valence-electron chi connectivity index (χ0n) is 15.0. The molecule has 1 saturated heterocycles. The van der Waals surface area contributed by atoms with Crippen molar-refractivity contribution in [3.05, 3.63) is 11.7 Å². The molecule has 1 atom stereocenters. The first-order valence-corrected chi connectivity index (χ1v) is 8.40. The summed E-state index contributed by atoms with van der Waals surface area (Å²) in [5.74, 6) is 0.233. The highest BCUT2D eigenvalue weighted by Gasteiger charge is 2.33. The highest BCUT2D eigenvalue weighted by molar-refractivity contribution is 5.78. The average molecular weight is 362 g/mol. The third-order valence-electron chi connectivity index (χ3n) is 4.38. The van der Waals surface area contributed by atoms with E-state index in [4.69, 9.17) is 4.52 Å². The molecule has 0 aliphatic carbocycles. The van der Waals surface area contributed by atoms with Crippen LogP contribution in [0.2, 0.25) is 0 Å². The van der Waals surface area contributed by atoms with Gasteiger partial charge in [0, 0.05) is 11.3 Å². The largest absolute Gasteiger partial charge is 0.405 e. The summed E-state index contributed by atoms with van der Waals surface area (Å²) in [7, 11) is 0. The van der Waals surface area contributed by atoms with Crippen molar-refractivity contribution in [1.29, 1.82) is 0 Å². The van der Waals surface area contributed by atoms with Gasteiger partial charge in [-0.15, -0.1) is 0 Å². The van der Waals surface area contributed by atoms with E-state index in [2.05, 4.69) is 15.0 Å². The van der Waals surface area contributed by atoms with Crippen LogP contribution in [0.4, 0.5) is 13.2 Å². The lowest BCUT2D eigenvalue weighted by Gasteiger charge is -2.33. The summed E-state index contributed by atoms with van der Waals surface area (Å²) in [5.41, 5.74) is -0.203. The smallest absolute Gasteiger partial charge is 0.347 e. The molecule has 142 valence electrons. The quantitative estimate of drug-likeness (QED) is 0.892. The molecule has 9 heteroatoms. The number of carbonyl (C=O) groups excluding carboxylic acids is 1. The Bertz CT molecular complexity index is 587. The first-order chi connectivity index (χ1) is 11.5. The van der Waals surface area contributed by atoms with Gasteiger partial charge in [0.2, 0.25) is 11.8 Å². The number of piperidine rings is 1. The van der Waals surface area contributed by atoms with E-state index in [-0.39, 0.29) is 11.5 Å². The van der Waals surface area contributed by atoms with Crippen molar-refractivity contribution < 1.29 is 22.5 Å². The minimum Gasteiger partial charge on any atom is -0.347 e. The maximum absolute atomic E-state index is 12.2. The van der Waals surface area contributed by atoms with Crippen molar-refractivity contribution in [2.75, 3.05) is 19.6 Å². The van der Waals surface area contributed by atoms with Gasteiger partial charge in [-0.05, 0) is 32.9 Å². The van der Waals surface area contributed by atoms with Gasteiger partial charge in [-0.3, -0.25) is 9.69 Å². The molecular weight excluding hydrogens is 337 g/mol. The third kappa shape index (κ3) is 5.42. The van der Waals surface area contributed by atoms with Gasteiger partial charge >= 0.3 is 6.18 Å². The number of rotatable bonds is 4. The van der Waals surface area contributed by atoms with E-state index in [1.54, 1.807) is 0 Å². The molecule has 0 bridgehead atoms. The van der Waals surface area contributed by atoms with Gasteiger partial charge in [0.05, 0.1) is 6.04 Å². The molecular formula is C16H25F3N4O2. The van der Waals surface area contributed by atoms with Crippen molar-refractivity contribution in [3.63, 3.8) is 0 Å². The van der Waals surface area contributed by atoms with E-state index in [1.165, 1.54) is 0 Å². The monoisotopic (exact) mass is 362 g/mol. The van der Waals surface area contributed by atoms with Gasteiger partial charge in [0.15, 0.2) is 5.82 Å². The molecule has 0 aromatic carbocycles. The molecule has 25 heavy (non-hydrogen) atoms. The highest BCUT2D eigenvalue weighted by atomic mass is 19.4. The molecule has 1 fully saturated rings. The van der Waals surface area contributed by atoms with Crippen LogP contribution in [0, 0.1) is 5.92 Å². The number of hydrogen-bond acceptors (Lipinski definition) is 5. The Labute approximate surface area is 145 Å². The molecule has 2 heterocycles. The van der Waals surface area contributed by atoms with Crippen LogP contribution >= 0.6 is 0 Å². The normalized spacial score (nSPS) is 19.0. The summed E-state index contributed by atoms with van der Waals surface area (Å²) in [6.07, 6.45) is -3.36. The van der Waals surface area contributed by atoms with E-state index >= 15 is 0 Å². The predicted octanol–water partition coefficient (Wildman–Crippen LogP) is 2.82. The van der Waals surface area contributed by atoms with E-state index in [9.17, 15) is 18.0 Å². The second kappa shape index (κ2) is 7.31. The lowest BCUT2D eigenvalue weighted by Crippen LogP contribution is -2.43. The van der Waals surface area contributed by atoms with Gasteiger partial charge in [0.1, 0.15) is 6.54 Å². The summed E-state index contributed by atoms with van der Waals surface area (Å²) in [6.45, 7) is 7.85. The predicted molar refractivity (Wildman–Crippen MR) is 84.8 cm³/mol. The Balaban J connectivity index is 1.87. The van der Waals surface area contributed by atoms with Crippen molar-refractivity contribution >= 4 is 5.91 Å². The summed E-state index contributed by atoms with van der Waals surface area (Å²) in [5, 5.41) is 5.98. The van der Waals surface area contributed by atoms with Crippen LogP contribution in [0.25, 0.3) is 0 Å². The van der Waals surface area contributed by atoms with E-state index in [0.29, 0.717) is 37.6 Å². The Morgan fingerprint density at radius 3 is 2.40 bits per heavy atom. The second-order valence-electron chi connectivity index (χ2n) is 7.53. The topological polar surface area (TPSA) is 71.3 Å². The zero-order valence-corrected chi connectivity index (χ0v) is 15.0. The standard InChI is InChI=1S/C16H25F3N4O2/c1-10(13-21-14(22-25-13)15(2,3)4)23-7-5-11(6-8-23)12(24)20-9-16(17,18)19/h10-11H,5-9H2,1-4H3,(H,20,24). The summed E-state index contributed by atoms with van der Waals surface area (Å²) < 4.78 is 41.9. The van der Waals surface area contributed by atoms with Gasteiger partial charge < -0.3 is 9.84 Å². The van der Waals surface area contributed by atoms with Crippen molar-refractivity contribution in [3.8, 4) is 0 Å². The van der Waals surface area contributed by atoms with Crippen LogP contribution in [-0.4, -0.2) is 46.8 Å². The molecule has 1 amide bonds. The molecule has 0 radical (unpaired) electrons. The van der Waals surface area contributed by atoms with Crippen LogP contribution < -0.4 is 5.32 Å². The minimum atomic E-state index is -4.38. The maximum Gasteiger partial charge on any atom is 0.405 e. The molecule has 1 unspecified atom stereocenters. The van der Waals surface area contributed by atoms with Gasteiger partial charge in [-0.1, -0.05) is 25.9 Å². The van der Waals surface area contributed by atoms with Crippen molar-refractivity contribution in [2.45, 2.75) is 58.2 Å². The highest BCUT2D eigenvalue weighted by Crippen LogP contribution is 2.28. The first kappa shape index (κ1) is 19.7. The third-order valence-corrected chi connectivity index (χ3v) is 4.38. The fraction of sp³-hybridized carbons (Fsp3) is 0.812. The molecule has 1 N–H and O–H groups in total. The summed E-state index contributed by atoms with van der Waals surface area (Å²) in [6, 6.07) is -0.0946. The molecule has 2 rings (SSSR count). The van der Waals surface area contributed by atoms with E-state index < -0.39 is 24.5 Å². The lowest BCUT2D eigenvalue weighted by molar-refractivity contribution is -0.141. The summed E-state index contributed by atoms with van der Waals surface area (Å²) in [4.78, 5) is 18.4. The molecule has 1 aliphatic rings. The number of halogens is 3. The number of aromatic nitrogens is 2. The lowest BCUT2D eigenvalue weighted by atomic mass is 9.95. The Morgan fingerprint density at radius 1 is 1.32 bits per heavy atom. The number of carbonyl (C=O) groups is 1. The first-order valence-electron chi connectivity index (χ1n) is 8.40. The molecule has 1 aromatic heterocycles. The molecule has 6 nitrogen and oxygen atoms in total. The van der Waals surface area contributed by atoms with Gasteiger partial charge in [-0.25, -0.2) is 0 Å². The van der Waals surface area contributed by atoms with Crippen molar-refractivity contribution in [2.24, 2.45) is 5.92 Å². The minimum absolute atomic E-state index is 0.0946.